The van der Waals surface area contributed by atoms with Crippen LogP contribution in [0.1, 0.15) is 54.4 Å². The summed E-state index contributed by atoms with van der Waals surface area (Å²) < 4.78 is 34.5. The fourth-order valence-electron chi connectivity index (χ4n) is 4.55. The number of aliphatic hydroxyl groups excluding tert-OH is 1. The first kappa shape index (κ1) is 23.6. The molecule has 0 bridgehead atoms. The van der Waals surface area contributed by atoms with Crippen molar-refractivity contribution in [1.82, 2.24) is 14.5 Å². The van der Waals surface area contributed by atoms with E-state index in [1.165, 1.54) is 0 Å². The number of ether oxygens (including phenoxy) is 1. The zero-order valence-electron chi connectivity index (χ0n) is 19.8. The Hall–Kier alpha value is -3.17. The summed E-state index contributed by atoms with van der Waals surface area (Å²) in [5.74, 6) is -0.203. The number of nitrogens with zero attached hydrogens (tertiary/aromatic N) is 2. The molecule has 2 aliphatic rings. The van der Waals surface area contributed by atoms with Crippen molar-refractivity contribution in [2.75, 3.05) is 6.61 Å². The molecule has 1 saturated carbocycles. The van der Waals surface area contributed by atoms with Crippen LogP contribution < -0.4 is 9.46 Å². The summed E-state index contributed by atoms with van der Waals surface area (Å²) in [5, 5.41) is 15.4. The quantitative estimate of drug-likeness (QED) is 0.519. The number of rotatable bonds is 7. The van der Waals surface area contributed by atoms with Crippen LogP contribution in [-0.4, -0.2) is 40.6 Å². The van der Waals surface area contributed by atoms with Gasteiger partial charge in [0, 0.05) is 35.5 Å². The molecule has 8 nitrogen and oxygen atoms in total. The predicted molar refractivity (Wildman–Crippen MR) is 131 cm³/mol. The number of nitrogens with one attached hydrogen (secondary N) is 1. The topological polar surface area (TPSA) is 111 Å². The van der Waals surface area contributed by atoms with Gasteiger partial charge < -0.3 is 9.84 Å². The van der Waals surface area contributed by atoms with Gasteiger partial charge in [0.15, 0.2) is 0 Å². The van der Waals surface area contributed by atoms with Crippen LogP contribution in [0, 0.1) is 5.92 Å². The largest absolute Gasteiger partial charge is 0.493 e. The lowest BCUT2D eigenvalue weighted by Crippen LogP contribution is -2.38. The third-order valence-electron chi connectivity index (χ3n) is 7.12. The molecule has 184 valence electrons. The van der Waals surface area contributed by atoms with E-state index in [2.05, 4.69) is 9.82 Å². The van der Waals surface area contributed by atoms with Crippen LogP contribution in [0.25, 0.3) is 11.1 Å². The van der Waals surface area contributed by atoms with Gasteiger partial charge in [-0.2, -0.15) is 5.10 Å². The van der Waals surface area contributed by atoms with E-state index in [4.69, 9.17) is 4.74 Å². The van der Waals surface area contributed by atoms with Crippen LogP contribution in [0.3, 0.4) is 0 Å². The van der Waals surface area contributed by atoms with Gasteiger partial charge in [-0.05, 0) is 62.4 Å². The van der Waals surface area contributed by atoms with Crippen molar-refractivity contribution in [1.29, 1.82) is 0 Å². The van der Waals surface area contributed by atoms with Gasteiger partial charge >= 0.3 is 0 Å². The number of carbonyl (C=O) groups is 1. The van der Waals surface area contributed by atoms with Crippen molar-refractivity contribution in [3.8, 4) is 16.9 Å². The minimum atomic E-state index is -3.75. The molecule has 2 aromatic carbocycles. The van der Waals surface area contributed by atoms with Crippen molar-refractivity contribution in [3.05, 3.63) is 71.5 Å². The average molecular weight is 496 g/mol. The first-order chi connectivity index (χ1) is 16.7. The molecule has 0 unspecified atom stereocenters. The molecule has 1 aliphatic carbocycles. The summed E-state index contributed by atoms with van der Waals surface area (Å²) in [6, 6.07) is 14.3. The van der Waals surface area contributed by atoms with E-state index in [-0.39, 0.29) is 11.5 Å². The molecule has 9 heteroatoms. The molecule has 2 N–H and O–H groups in total. The molecule has 0 spiro atoms. The van der Waals surface area contributed by atoms with Gasteiger partial charge in [0.1, 0.15) is 5.75 Å². The first-order valence-electron chi connectivity index (χ1n) is 11.8. The molecule has 1 aromatic heterocycles. The number of hydrogen-bond donors (Lipinski definition) is 2. The molecule has 3 aromatic rings. The lowest BCUT2D eigenvalue weighted by atomic mass is 9.88. The highest BCUT2D eigenvalue weighted by molar-refractivity contribution is 7.91. The Labute approximate surface area is 205 Å². The van der Waals surface area contributed by atoms with Gasteiger partial charge in [-0.15, -0.1) is 0 Å². The second kappa shape index (κ2) is 8.80. The monoisotopic (exact) mass is 495 g/mol. The Morgan fingerprint density at radius 3 is 2.74 bits per heavy atom. The lowest BCUT2D eigenvalue weighted by molar-refractivity contribution is 0.0498. The first-order valence-corrected chi connectivity index (χ1v) is 13.3. The highest BCUT2D eigenvalue weighted by atomic mass is 32.2. The Bertz CT molecular complexity index is 1380. The Balaban J connectivity index is 1.39. The highest BCUT2D eigenvalue weighted by Crippen LogP contribution is 2.43. The Morgan fingerprint density at radius 2 is 2.00 bits per heavy atom. The number of aromatic nitrogens is 2. The second-order valence-electron chi connectivity index (χ2n) is 9.54. The molecule has 0 radical (unpaired) electrons. The summed E-state index contributed by atoms with van der Waals surface area (Å²) in [4.78, 5) is 12.9. The zero-order valence-corrected chi connectivity index (χ0v) is 20.6. The normalized spacial score (nSPS) is 20.5. The zero-order chi connectivity index (χ0) is 24.8. The van der Waals surface area contributed by atoms with Crippen LogP contribution in [0.4, 0.5) is 0 Å². The number of amides is 1. The maximum Gasteiger partial charge on any atom is 0.265 e. The van der Waals surface area contributed by atoms with Gasteiger partial charge in [0.2, 0.25) is 10.0 Å². The number of hydrogen-bond acceptors (Lipinski definition) is 6. The SMILES string of the molecule is CCn1nccc1C[C@H]1COc2cc(-c3ccccc3C(=O)NS(=O)(=O)C3(C)CC3)ccc2[C@@H]1O. The summed E-state index contributed by atoms with van der Waals surface area (Å²) in [6.45, 7) is 4.79. The minimum absolute atomic E-state index is 0.109. The van der Waals surface area contributed by atoms with Crippen LogP contribution in [0.2, 0.25) is 0 Å². The average Bonchev–Trinajstić information content (AvgIpc) is 3.46. The van der Waals surface area contributed by atoms with Crippen molar-refractivity contribution in [3.63, 3.8) is 0 Å². The van der Waals surface area contributed by atoms with E-state index < -0.39 is 26.8 Å². The fraction of sp³-hybridized carbons (Fsp3) is 0.385. The summed E-state index contributed by atoms with van der Waals surface area (Å²) in [5.41, 5.74) is 3.31. The Morgan fingerprint density at radius 1 is 1.23 bits per heavy atom. The molecule has 1 aliphatic heterocycles. The van der Waals surface area contributed by atoms with E-state index in [9.17, 15) is 18.3 Å². The van der Waals surface area contributed by atoms with Crippen molar-refractivity contribution < 1.29 is 23.1 Å². The molecule has 1 fully saturated rings. The van der Waals surface area contributed by atoms with Crippen LogP contribution in [0.15, 0.2) is 54.7 Å². The van der Waals surface area contributed by atoms with E-state index in [0.717, 1.165) is 12.2 Å². The molecular weight excluding hydrogens is 466 g/mol. The summed E-state index contributed by atoms with van der Waals surface area (Å²) >= 11 is 0. The van der Waals surface area contributed by atoms with Gasteiger partial charge in [0.25, 0.3) is 5.91 Å². The van der Waals surface area contributed by atoms with Crippen molar-refractivity contribution in [2.24, 2.45) is 5.92 Å². The number of sulfonamides is 1. The minimum Gasteiger partial charge on any atom is -0.493 e. The van der Waals surface area contributed by atoms with Crippen molar-refractivity contribution >= 4 is 15.9 Å². The van der Waals surface area contributed by atoms with E-state index >= 15 is 0 Å². The highest BCUT2D eigenvalue weighted by Gasteiger charge is 2.51. The smallest absolute Gasteiger partial charge is 0.265 e. The molecule has 5 rings (SSSR count). The predicted octanol–water partition coefficient (Wildman–Crippen LogP) is 3.47. The van der Waals surface area contributed by atoms with Crippen LogP contribution in [0.5, 0.6) is 5.75 Å². The fourth-order valence-corrected chi connectivity index (χ4v) is 5.79. The van der Waals surface area contributed by atoms with Crippen LogP contribution >= 0.6 is 0 Å². The molecule has 2 heterocycles. The third-order valence-corrected chi connectivity index (χ3v) is 9.28. The number of aryl methyl sites for hydroxylation is 1. The van der Waals surface area contributed by atoms with Crippen molar-refractivity contribution in [2.45, 2.75) is 50.5 Å². The summed E-state index contributed by atoms with van der Waals surface area (Å²) in [7, 11) is -3.75. The molecule has 35 heavy (non-hydrogen) atoms. The maximum absolute atomic E-state index is 12.9. The molecule has 1 amide bonds. The Kier molecular flexibility index (Phi) is 5.93. The third kappa shape index (κ3) is 4.34. The molecule has 0 saturated heterocycles. The van der Waals surface area contributed by atoms with Gasteiger partial charge in [-0.25, -0.2) is 13.1 Å². The van der Waals surface area contributed by atoms with Gasteiger partial charge in [-0.3, -0.25) is 9.48 Å². The standard InChI is InChI=1S/C26H29N3O5S/c1-3-29-19(10-13-27-29)14-18-16-34-23-15-17(8-9-22(23)24(18)30)20-6-4-5-7-21(20)25(31)28-35(32,33)26(2)11-12-26/h4-10,13,15,18,24,30H,3,11-12,14,16H2,1-2H3,(H,28,31)/t18-,24+/m0/s1. The molecular formula is C26H29N3O5S. The maximum atomic E-state index is 12.9. The van der Waals surface area contributed by atoms with Gasteiger partial charge in [0.05, 0.1) is 17.5 Å². The number of benzene rings is 2. The molecule has 2 atom stereocenters. The number of aliphatic hydroxyl groups is 1. The number of carbonyl (C=O) groups excluding carboxylic acids is 1. The van der Waals surface area contributed by atoms with E-state index in [1.807, 2.05) is 29.8 Å². The second-order valence-corrected chi connectivity index (χ2v) is 11.7. The van der Waals surface area contributed by atoms with E-state index in [1.54, 1.807) is 43.5 Å². The van der Waals surface area contributed by atoms with Crippen LogP contribution in [-0.2, 0) is 23.0 Å². The van der Waals surface area contributed by atoms with Gasteiger partial charge in [-0.1, -0.05) is 30.3 Å². The summed E-state index contributed by atoms with van der Waals surface area (Å²) in [6.07, 6.45) is 2.80. The number of fused-ring (bicyclic) bond motifs is 1. The van der Waals surface area contributed by atoms with E-state index in [0.29, 0.717) is 48.3 Å². The lowest BCUT2D eigenvalue weighted by Gasteiger charge is -2.31.